The Hall–Kier alpha value is -1.26. The fourth-order valence-electron chi connectivity index (χ4n) is 2.23. The minimum atomic E-state index is -0.323. The minimum absolute atomic E-state index is 0.0208. The lowest BCUT2D eigenvalue weighted by atomic mass is 9.95. The molecule has 19 heavy (non-hydrogen) atoms. The summed E-state index contributed by atoms with van der Waals surface area (Å²) in [4.78, 5) is 0. The van der Waals surface area contributed by atoms with Crippen molar-refractivity contribution < 1.29 is 14.6 Å². The van der Waals surface area contributed by atoms with Gasteiger partial charge >= 0.3 is 0 Å². The lowest BCUT2D eigenvalue weighted by molar-refractivity contribution is 0.109. The van der Waals surface area contributed by atoms with Crippen LogP contribution in [0.1, 0.15) is 27.2 Å². The van der Waals surface area contributed by atoms with Crippen LogP contribution in [0.15, 0.2) is 24.3 Å². The van der Waals surface area contributed by atoms with Gasteiger partial charge < -0.3 is 19.9 Å². The normalized spacial score (nSPS) is 15.6. The van der Waals surface area contributed by atoms with Crippen LogP contribution in [0.2, 0.25) is 0 Å². The van der Waals surface area contributed by atoms with E-state index in [1.807, 2.05) is 45.0 Å². The minimum Gasteiger partial charge on any atom is -0.493 e. The highest BCUT2D eigenvalue weighted by molar-refractivity contribution is 5.39. The van der Waals surface area contributed by atoms with Crippen molar-refractivity contribution in [2.45, 2.75) is 38.8 Å². The SMILES string of the molecule is CCNC(C)(CO)CC(C)Oc1ccccc1OC. The van der Waals surface area contributed by atoms with Crippen LogP contribution in [0.25, 0.3) is 0 Å². The fraction of sp³-hybridized carbons (Fsp3) is 0.600. The molecule has 108 valence electrons. The molecule has 0 aliphatic rings. The van der Waals surface area contributed by atoms with Crippen LogP contribution in [0.3, 0.4) is 0 Å². The van der Waals surface area contributed by atoms with Gasteiger partial charge in [0, 0.05) is 12.0 Å². The number of benzene rings is 1. The Morgan fingerprint density at radius 2 is 1.95 bits per heavy atom. The Labute approximate surface area is 115 Å². The predicted molar refractivity (Wildman–Crippen MR) is 76.9 cm³/mol. The maximum absolute atomic E-state index is 9.49. The van der Waals surface area contributed by atoms with Crippen LogP contribution in [0.5, 0.6) is 11.5 Å². The molecule has 0 bridgehead atoms. The highest BCUT2D eigenvalue weighted by Gasteiger charge is 2.25. The van der Waals surface area contributed by atoms with Crippen LogP contribution >= 0.6 is 0 Å². The Balaban J connectivity index is 2.66. The van der Waals surface area contributed by atoms with Crippen molar-refractivity contribution in [3.63, 3.8) is 0 Å². The molecule has 4 heteroatoms. The second-order valence-electron chi connectivity index (χ2n) is 5.03. The number of rotatable bonds is 8. The number of para-hydroxylation sites is 2. The van der Waals surface area contributed by atoms with Gasteiger partial charge in [-0.15, -0.1) is 0 Å². The van der Waals surface area contributed by atoms with E-state index in [4.69, 9.17) is 9.47 Å². The zero-order chi connectivity index (χ0) is 14.3. The van der Waals surface area contributed by atoms with Crippen molar-refractivity contribution in [2.75, 3.05) is 20.3 Å². The van der Waals surface area contributed by atoms with Gasteiger partial charge in [-0.3, -0.25) is 0 Å². The molecule has 1 aromatic carbocycles. The smallest absolute Gasteiger partial charge is 0.161 e. The number of hydrogen-bond acceptors (Lipinski definition) is 4. The summed E-state index contributed by atoms with van der Waals surface area (Å²) in [7, 11) is 1.63. The lowest BCUT2D eigenvalue weighted by Crippen LogP contribution is -2.48. The standard InChI is InChI=1S/C15H25NO3/c1-5-16-15(3,11-17)10-12(2)19-14-9-7-6-8-13(14)18-4/h6-9,12,16-17H,5,10-11H2,1-4H3. The van der Waals surface area contributed by atoms with Crippen molar-refractivity contribution in [1.82, 2.24) is 5.32 Å². The van der Waals surface area contributed by atoms with E-state index in [1.54, 1.807) is 7.11 Å². The van der Waals surface area contributed by atoms with Gasteiger partial charge in [0.25, 0.3) is 0 Å². The lowest BCUT2D eigenvalue weighted by Gasteiger charge is -2.31. The quantitative estimate of drug-likeness (QED) is 0.758. The highest BCUT2D eigenvalue weighted by atomic mass is 16.5. The second-order valence-corrected chi connectivity index (χ2v) is 5.03. The summed E-state index contributed by atoms with van der Waals surface area (Å²) in [6.07, 6.45) is 0.697. The first kappa shape index (κ1) is 15.8. The van der Waals surface area contributed by atoms with E-state index in [9.17, 15) is 5.11 Å². The predicted octanol–water partition coefficient (Wildman–Crippen LogP) is 2.21. The van der Waals surface area contributed by atoms with E-state index in [0.29, 0.717) is 0 Å². The number of methoxy groups -OCH3 is 1. The zero-order valence-electron chi connectivity index (χ0n) is 12.3. The summed E-state index contributed by atoms with van der Waals surface area (Å²) in [6.45, 7) is 6.93. The molecule has 0 radical (unpaired) electrons. The molecule has 1 aromatic rings. The van der Waals surface area contributed by atoms with Crippen LogP contribution in [0.4, 0.5) is 0 Å². The van der Waals surface area contributed by atoms with Gasteiger partial charge in [-0.05, 0) is 32.5 Å². The van der Waals surface area contributed by atoms with Crippen molar-refractivity contribution in [1.29, 1.82) is 0 Å². The fourth-order valence-corrected chi connectivity index (χ4v) is 2.23. The molecule has 0 aliphatic carbocycles. The summed E-state index contributed by atoms with van der Waals surface area (Å²) < 4.78 is 11.2. The van der Waals surface area contributed by atoms with E-state index < -0.39 is 0 Å². The monoisotopic (exact) mass is 267 g/mol. The van der Waals surface area contributed by atoms with Gasteiger partial charge in [0.2, 0.25) is 0 Å². The molecule has 0 heterocycles. The molecule has 1 rings (SSSR count). The summed E-state index contributed by atoms with van der Waals surface area (Å²) in [5, 5.41) is 12.8. The third-order valence-electron chi connectivity index (χ3n) is 3.09. The number of hydrogen-bond donors (Lipinski definition) is 2. The Kier molecular flexibility index (Phi) is 6.12. The van der Waals surface area contributed by atoms with Gasteiger partial charge in [0.15, 0.2) is 11.5 Å². The molecule has 2 N–H and O–H groups in total. The number of aliphatic hydroxyl groups excluding tert-OH is 1. The molecule has 0 amide bonds. The van der Waals surface area contributed by atoms with E-state index in [1.165, 1.54) is 0 Å². The van der Waals surface area contributed by atoms with Gasteiger partial charge in [-0.1, -0.05) is 19.1 Å². The zero-order valence-corrected chi connectivity index (χ0v) is 12.3. The van der Waals surface area contributed by atoms with Crippen LogP contribution in [0, 0.1) is 0 Å². The molecule has 2 atom stereocenters. The third-order valence-corrected chi connectivity index (χ3v) is 3.09. The number of likely N-dealkylation sites (N-methyl/N-ethyl adjacent to an activating group) is 1. The average Bonchev–Trinajstić information content (AvgIpc) is 2.39. The van der Waals surface area contributed by atoms with E-state index >= 15 is 0 Å². The van der Waals surface area contributed by atoms with Crippen LogP contribution in [-0.4, -0.2) is 37.0 Å². The second kappa shape index (κ2) is 7.36. The van der Waals surface area contributed by atoms with Gasteiger partial charge in [0.1, 0.15) is 0 Å². The first-order chi connectivity index (χ1) is 9.04. The molecule has 0 fully saturated rings. The summed E-state index contributed by atoms with van der Waals surface area (Å²) in [5.74, 6) is 1.46. The Bertz CT molecular complexity index is 383. The van der Waals surface area contributed by atoms with Crippen LogP contribution in [-0.2, 0) is 0 Å². The molecule has 4 nitrogen and oxygen atoms in total. The average molecular weight is 267 g/mol. The first-order valence-electron chi connectivity index (χ1n) is 6.70. The van der Waals surface area contributed by atoms with Crippen molar-refractivity contribution in [3.05, 3.63) is 24.3 Å². The van der Waals surface area contributed by atoms with E-state index in [2.05, 4.69) is 5.32 Å². The molecular formula is C15H25NO3. The molecular weight excluding hydrogens is 242 g/mol. The van der Waals surface area contributed by atoms with Crippen molar-refractivity contribution in [3.8, 4) is 11.5 Å². The third kappa shape index (κ3) is 4.73. The molecule has 0 aromatic heterocycles. The van der Waals surface area contributed by atoms with E-state index in [0.717, 1.165) is 24.5 Å². The highest BCUT2D eigenvalue weighted by Crippen LogP contribution is 2.28. The van der Waals surface area contributed by atoms with Crippen molar-refractivity contribution >= 4 is 0 Å². The molecule has 2 unspecified atom stereocenters. The Morgan fingerprint density at radius 3 is 2.47 bits per heavy atom. The van der Waals surface area contributed by atoms with Gasteiger partial charge in [-0.2, -0.15) is 0 Å². The van der Waals surface area contributed by atoms with E-state index in [-0.39, 0.29) is 18.2 Å². The topological polar surface area (TPSA) is 50.7 Å². The van der Waals surface area contributed by atoms with Crippen LogP contribution < -0.4 is 14.8 Å². The van der Waals surface area contributed by atoms with Crippen molar-refractivity contribution in [2.24, 2.45) is 0 Å². The largest absolute Gasteiger partial charge is 0.493 e. The molecule has 0 spiro atoms. The summed E-state index contributed by atoms with van der Waals surface area (Å²) >= 11 is 0. The summed E-state index contributed by atoms with van der Waals surface area (Å²) in [6, 6.07) is 7.59. The van der Waals surface area contributed by atoms with Gasteiger partial charge in [0.05, 0.1) is 19.8 Å². The maximum Gasteiger partial charge on any atom is 0.161 e. The number of aliphatic hydroxyl groups is 1. The Morgan fingerprint density at radius 1 is 1.32 bits per heavy atom. The number of nitrogens with one attached hydrogen (secondary N) is 1. The molecule has 0 aliphatic heterocycles. The number of ether oxygens (including phenoxy) is 2. The first-order valence-corrected chi connectivity index (χ1v) is 6.70. The maximum atomic E-state index is 9.49. The molecule has 0 saturated heterocycles. The van der Waals surface area contributed by atoms with Gasteiger partial charge in [-0.25, -0.2) is 0 Å². The summed E-state index contributed by atoms with van der Waals surface area (Å²) in [5.41, 5.74) is -0.323. The molecule has 0 saturated carbocycles.